The topological polar surface area (TPSA) is 104 Å². The van der Waals surface area contributed by atoms with Gasteiger partial charge < -0.3 is 15.0 Å². The zero-order chi connectivity index (χ0) is 14.6. The van der Waals surface area contributed by atoms with Gasteiger partial charge in [0, 0.05) is 12.8 Å². The van der Waals surface area contributed by atoms with Crippen LogP contribution in [0.25, 0.3) is 0 Å². The summed E-state index contributed by atoms with van der Waals surface area (Å²) in [5, 5.41) is 0. The lowest BCUT2D eigenvalue weighted by atomic mass is 10.4. The highest BCUT2D eigenvalue weighted by molar-refractivity contribution is 7.90. The van der Waals surface area contributed by atoms with Gasteiger partial charge in [-0.15, -0.1) is 0 Å². The number of anilines is 1. The number of imidazole rings is 1. The monoisotopic (exact) mass is 289 g/mol. The van der Waals surface area contributed by atoms with Crippen molar-refractivity contribution in [2.75, 3.05) is 24.3 Å². The first-order valence-corrected chi connectivity index (χ1v) is 7.99. The smallest absolute Gasteiger partial charge is 0.360 e. The van der Waals surface area contributed by atoms with Gasteiger partial charge >= 0.3 is 5.97 Å². The van der Waals surface area contributed by atoms with Crippen LogP contribution >= 0.6 is 0 Å². The van der Waals surface area contributed by atoms with Crippen molar-refractivity contribution >= 4 is 21.6 Å². The van der Waals surface area contributed by atoms with Crippen LogP contribution in [0, 0.1) is 6.92 Å². The van der Waals surface area contributed by atoms with Gasteiger partial charge in [0.2, 0.25) is 0 Å². The van der Waals surface area contributed by atoms with Crippen molar-refractivity contribution in [1.29, 1.82) is 0 Å². The van der Waals surface area contributed by atoms with Crippen LogP contribution < -0.4 is 5.73 Å². The van der Waals surface area contributed by atoms with E-state index in [1.165, 1.54) is 6.26 Å². The Morgan fingerprint density at radius 1 is 1.47 bits per heavy atom. The van der Waals surface area contributed by atoms with Gasteiger partial charge in [0.05, 0.1) is 12.4 Å². The fourth-order valence-electron chi connectivity index (χ4n) is 1.70. The van der Waals surface area contributed by atoms with Crippen LogP contribution in [0.5, 0.6) is 0 Å². The van der Waals surface area contributed by atoms with Crippen molar-refractivity contribution in [2.45, 2.75) is 26.8 Å². The van der Waals surface area contributed by atoms with Crippen LogP contribution in [-0.4, -0.2) is 42.6 Å². The molecule has 0 aliphatic heterocycles. The molecule has 8 heteroatoms. The second kappa shape index (κ2) is 6.05. The average molecular weight is 289 g/mol. The van der Waals surface area contributed by atoms with Crippen LogP contribution in [0.15, 0.2) is 0 Å². The fourth-order valence-corrected chi connectivity index (χ4v) is 2.35. The minimum atomic E-state index is -3.00. The molecule has 1 rings (SSSR count). The Morgan fingerprint density at radius 3 is 2.63 bits per heavy atom. The molecule has 1 heterocycles. The van der Waals surface area contributed by atoms with E-state index < -0.39 is 15.8 Å². The van der Waals surface area contributed by atoms with Gasteiger partial charge in [0.25, 0.3) is 0 Å². The Kier molecular flexibility index (Phi) is 4.93. The van der Waals surface area contributed by atoms with Crippen molar-refractivity contribution in [2.24, 2.45) is 0 Å². The van der Waals surface area contributed by atoms with E-state index in [0.717, 1.165) is 0 Å². The standard InChI is InChI=1S/C11H19N3O4S/c1-4-18-11(15)9-10(12)14(8(2)13-9)6-5-7-19(3,16)17/h4-7,12H2,1-3H3. The number of hydrogen-bond acceptors (Lipinski definition) is 6. The molecule has 0 amide bonds. The third-order valence-electron chi connectivity index (χ3n) is 2.56. The van der Waals surface area contributed by atoms with E-state index >= 15 is 0 Å². The lowest BCUT2D eigenvalue weighted by Crippen LogP contribution is -2.12. The molecule has 0 bridgehead atoms. The normalized spacial score (nSPS) is 11.5. The summed E-state index contributed by atoms with van der Waals surface area (Å²) in [5.74, 6) is 0.280. The molecular formula is C11H19N3O4S. The van der Waals surface area contributed by atoms with Crippen LogP contribution in [0.2, 0.25) is 0 Å². The molecule has 0 saturated carbocycles. The van der Waals surface area contributed by atoms with E-state index in [-0.39, 0.29) is 23.9 Å². The maximum absolute atomic E-state index is 11.6. The number of carbonyl (C=O) groups is 1. The van der Waals surface area contributed by atoms with Crippen molar-refractivity contribution < 1.29 is 17.9 Å². The molecule has 1 aromatic heterocycles. The highest BCUT2D eigenvalue weighted by Crippen LogP contribution is 2.16. The van der Waals surface area contributed by atoms with E-state index in [9.17, 15) is 13.2 Å². The van der Waals surface area contributed by atoms with E-state index in [4.69, 9.17) is 10.5 Å². The van der Waals surface area contributed by atoms with Crippen LogP contribution in [0.1, 0.15) is 29.7 Å². The van der Waals surface area contributed by atoms with E-state index in [1.807, 2.05) is 0 Å². The zero-order valence-electron chi connectivity index (χ0n) is 11.3. The number of ether oxygens (including phenoxy) is 1. The predicted molar refractivity (Wildman–Crippen MR) is 71.7 cm³/mol. The van der Waals surface area contributed by atoms with Crippen molar-refractivity contribution in [3.63, 3.8) is 0 Å². The number of carbonyl (C=O) groups excluding carboxylic acids is 1. The summed E-state index contributed by atoms with van der Waals surface area (Å²) in [4.78, 5) is 15.6. The van der Waals surface area contributed by atoms with Gasteiger partial charge in [-0.1, -0.05) is 0 Å². The SMILES string of the molecule is CCOC(=O)c1nc(C)n(CCCS(C)(=O)=O)c1N. The first kappa shape index (κ1) is 15.5. The molecule has 0 fully saturated rings. The van der Waals surface area contributed by atoms with Gasteiger partial charge in [-0.25, -0.2) is 18.2 Å². The molecule has 0 aromatic carbocycles. The van der Waals surface area contributed by atoms with Crippen LogP contribution in [0.3, 0.4) is 0 Å². The first-order chi connectivity index (χ1) is 8.76. The molecule has 7 nitrogen and oxygen atoms in total. The maximum atomic E-state index is 11.6. The Hall–Kier alpha value is -1.57. The summed E-state index contributed by atoms with van der Waals surface area (Å²) in [7, 11) is -3.00. The molecule has 108 valence electrons. The quantitative estimate of drug-likeness (QED) is 0.759. The highest BCUT2D eigenvalue weighted by Gasteiger charge is 2.19. The Morgan fingerprint density at radius 2 is 2.11 bits per heavy atom. The molecule has 0 aliphatic carbocycles. The van der Waals surface area contributed by atoms with Gasteiger partial charge in [-0.3, -0.25) is 0 Å². The molecular weight excluding hydrogens is 270 g/mol. The molecule has 1 aromatic rings. The molecule has 0 atom stereocenters. The largest absolute Gasteiger partial charge is 0.461 e. The molecule has 0 unspecified atom stereocenters. The summed E-state index contributed by atoms with van der Waals surface area (Å²) in [6, 6.07) is 0. The van der Waals surface area contributed by atoms with Crippen LogP contribution in [-0.2, 0) is 21.1 Å². The molecule has 2 N–H and O–H groups in total. The summed E-state index contributed by atoms with van der Waals surface area (Å²) in [5.41, 5.74) is 5.92. The Labute approximate surface area is 112 Å². The average Bonchev–Trinajstić information content (AvgIpc) is 2.55. The molecule has 0 aliphatic rings. The summed E-state index contributed by atoms with van der Waals surface area (Å²) in [6.07, 6.45) is 1.60. The Bertz CT molecular complexity index is 563. The van der Waals surface area contributed by atoms with Gasteiger partial charge in [0.15, 0.2) is 5.69 Å². The van der Waals surface area contributed by atoms with Crippen LogP contribution in [0.4, 0.5) is 5.82 Å². The summed E-state index contributed by atoms with van der Waals surface area (Å²) < 4.78 is 28.6. The highest BCUT2D eigenvalue weighted by atomic mass is 32.2. The summed E-state index contributed by atoms with van der Waals surface area (Å²) >= 11 is 0. The number of aryl methyl sites for hydroxylation is 1. The second-order valence-corrected chi connectivity index (χ2v) is 6.51. The number of rotatable bonds is 6. The number of hydrogen-bond donors (Lipinski definition) is 1. The number of nitrogens with zero attached hydrogens (tertiary/aromatic N) is 2. The molecule has 0 radical (unpaired) electrons. The van der Waals surface area contributed by atoms with E-state index in [2.05, 4.69) is 4.98 Å². The van der Waals surface area contributed by atoms with E-state index in [0.29, 0.717) is 18.8 Å². The zero-order valence-corrected chi connectivity index (χ0v) is 12.2. The molecule has 0 saturated heterocycles. The summed E-state index contributed by atoms with van der Waals surface area (Å²) in [6.45, 7) is 4.05. The van der Waals surface area contributed by atoms with Gasteiger partial charge in [-0.2, -0.15) is 0 Å². The number of nitrogens with two attached hydrogens (primary N) is 1. The van der Waals surface area contributed by atoms with E-state index in [1.54, 1.807) is 18.4 Å². The number of nitrogen functional groups attached to an aromatic ring is 1. The fraction of sp³-hybridized carbons (Fsp3) is 0.636. The third-order valence-corrected chi connectivity index (χ3v) is 3.59. The maximum Gasteiger partial charge on any atom is 0.360 e. The minimum absolute atomic E-state index is 0.0683. The number of aromatic nitrogens is 2. The van der Waals surface area contributed by atoms with Gasteiger partial charge in [-0.05, 0) is 20.3 Å². The Balaban J connectivity index is 2.82. The number of esters is 1. The molecule has 0 spiro atoms. The minimum Gasteiger partial charge on any atom is -0.461 e. The van der Waals surface area contributed by atoms with Gasteiger partial charge in [0.1, 0.15) is 21.5 Å². The predicted octanol–water partition coefficient (Wildman–Crippen LogP) is 0.385. The third kappa shape index (κ3) is 4.23. The lowest BCUT2D eigenvalue weighted by Gasteiger charge is -2.07. The van der Waals surface area contributed by atoms with Crippen molar-refractivity contribution in [1.82, 2.24) is 9.55 Å². The first-order valence-electron chi connectivity index (χ1n) is 5.93. The molecule has 19 heavy (non-hydrogen) atoms. The lowest BCUT2D eigenvalue weighted by molar-refractivity contribution is 0.0521. The number of sulfone groups is 1. The second-order valence-electron chi connectivity index (χ2n) is 4.25. The van der Waals surface area contributed by atoms with Crippen molar-refractivity contribution in [3.05, 3.63) is 11.5 Å². The van der Waals surface area contributed by atoms with Crippen molar-refractivity contribution in [3.8, 4) is 0 Å².